The Balaban J connectivity index is 1.21. The molecule has 2 aliphatic rings. The number of carbonyl (C=O) groups excluding carboxylic acids is 3. The van der Waals surface area contributed by atoms with Crippen LogP contribution in [0.15, 0.2) is 52.4 Å². The topological polar surface area (TPSA) is 87.0 Å². The normalized spacial score (nSPS) is 19.7. The number of hydrogen-bond donors (Lipinski definition) is 0. The summed E-state index contributed by atoms with van der Waals surface area (Å²) >= 11 is 1.44. The molecule has 0 unspecified atom stereocenters. The molecule has 0 spiro atoms. The van der Waals surface area contributed by atoms with E-state index in [0.717, 1.165) is 28.6 Å². The Hall–Kier alpha value is -3.30. The summed E-state index contributed by atoms with van der Waals surface area (Å²) in [6.45, 7) is 4.54. The number of aromatic nitrogens is 1. The van der Waals surface area contributed by atoms with Gasteiger partial charge in [-0.25, -0.2) is 4.90 Å². The number of aryl methyl sites for hydroxylation is 1. The largest absolute Gasteiger partial charge is 0.369 e. The lowest BCUT2D eigenvalue weighted by molar-refractivity contribution is -0.123. The first kappa shape index (κ1) is 20.6. The van der Waals surface area contributed by atoms with Gasteiger partial charge in [-0.3, -0.25) is 19.3 Å². The van der Waals surface area contributed by atoms with Crippen LogP contribution in [0, 0.1) is 6.92 Å². The molecule has 32 heavy (non-hydrogen) atoms. The van der Waals surface area contributed by atoms with Crippen LogP contribution in [0.4, 0.5) is 11.5 Å². The molecule has 2 saturated heterocycles. The Labute approximate surface area is 189 Å². The van der Waals surface area contributed by atoms with Gasteiger partial charge < -0.3 is 9.42 Å². The van der Waals surface area contributed by atoms with Crippen LogP contribution in [0.25, 0.3) is 0 Å². The molecule has 0 N–H and O–H groups in total. The van der Waals surface area contributed by atoms with Crippen molar-refractivity contribution in [3.05, 3.63) is 64.0 Å². The number of carbonyl (C=O) groups is 3. The van der Waals surface area contributed by atoms with Crippen LogP contribution >= 0.6 is 11.3 Å². The fraction of sp³-hybridized carbons (Fsp3) is 0.304. The Morgan fingerprint density at radius 2 is 1.84 bits per heavy atom. The average molecular weight is 451 g/mol. The second kappa shape index (κ2) is 8.33. The summed E-state index contributed by atoms with van der Waals surface area (Å²) in [6, 6.07) is 12.5. The molecule has 4 heterocycles. The predicted molar refractivity (Wildman–Crippen MR) is 120 cm³/mol. The van der Waals surface area contributed by atoms with Crippen molar-refractivity contribution in [1.82, 2.24) is 10.1 Å². The van der Waals surface area contributed by atoms with Gasteiger partial charge >= 0.3 is 0 Å². The van der Waals surface area contributed by atoms with E-state index in [0.29, 0.717) is 24.4 Å². The molecule has 5 rings (SSSR count). The quantitative estimate of drug-likeness (QED) is 0.436. The number of thiophene rings is 1. The average Bonchev–Trinajstić information content (AvgIpc) is 3.55. The molecule has 3 aromatic rings. The third-order valence-corrected chi connectivity index (χ3v) is 6.83. The van der Waals surface area contributed by atoms with Gasteiger partial charge in [0.25, 0.3) is 5.91 Å². The van der Waals surface area contributed by atoms with Crippen molar-refractivity contribution in [2.45, 2.75) is 19.4 Å². The number of benzene rings is 1. The number of amides is 2. The summed E-state index contributed by atoms with van der Waals surface area (Å²) in [7, 11) is 0. The molecule has 0 radical (unpaired) electrons. The first-order valence-electron chi connectivity index (χ1n) is 10.5. The van der Waals surface area contributed by atoms with E-state index in [-0.39, 0.29) is 29.8 Å². The van der Waals surface area contributed by atoms with Crippen LogP contribution in [0.3, 0.4) is 0 Å². The van der Waals surface area contributed by atoms with Gasteiger partial charge in [0.05, 0.1) is 17.3 Å². The van der Waals surface area contributed by atoms with Crippen LogP contribution in [-0.2, 0) is 9.59 Å². The summed E-state index contributed by atoms with van der Waals surface area (Å²) in [5.41, 5.74) is 1.72. The molecule has 2 aliphatic heterocycles. The van der Waals surface area contributed by atoms with Gasteiger partial charge in [-0.2, -0.15) is 0 Å². The molecule has 9 heteroatoms. The van der Waals surface area contributed by atoms with Crippen molar-refractivity contribution in [3.63, 3.8) is 0 Å². The van der Waals surface area contributed by atoms with Crippen molar-refractivity contribution in [3.8, 4) is 0 Å². The minimum absolute atomic E-state index is 0.0349. The Morgan fingerprint density at radius 1 is 1.09 bits per heavy atom. The zero-order chi connectivity index (χ0) is 22.2. The van der Waals surface area contributed by atoms with Crippen molar-refractivity contribution in [2.24, 2.45) is 0 Å². The number of piperazine rings is 1. The molecule has 0 saturated carbocycles. The summed E-state index contributed by atoms with van der Waals surface area (Å²) in [4.78, 5) is 44.0. The molecule has 1 aromatic carbocycles. The molecular formula is C23H22N4O4S. The lowest BCUT2D eigenvalue weighted by Crippen LogP contribution is -2.52. The monoisotopic (exact) mass is 450 g/mol. The number of imide groups is 1. The third kappa shape index (κ3) is 3.74. The fourth-order valence-electron chi connectivity index (χ4n) is 4.27. The molecule has 0 aliphatic carbocycles. The molecule has 0 bridgehead atoms. The highest BCUT2D eigenvalue weighted by Crippen LogP contribution is 2.27. The number of nitrogens with zero attached hydrogens (tertiary/aromatic N) is 4. The maximum atomic E-state index is 12.9. The van der Waals surface area contributed by atoms with Crippen molar-refractivity contribution < 1.29 is 18.9 Å². The maximum Gasteiger partial charge on any atom is 0.252 e. The lowest BCUT2D eigenvalue weighted by Gasteiger charge is -2.38. The van der Waals surface area contributed by atoms with E-state index >= 15 is 0 Å². The Kier molecular flexibility index (Phi) is 5.36. The summed E-state index contributed by atoms with van der Waals surface area (Å²) in [5.74, 6) is 0.360. The van der Waals surface area contributed by atoms with Crippen molar-refractivity contribution >= 4 is 40.4 Å². The fourth-order valence-corrected chi connectivity index (χ4v) is 4.95. The van der Waals surface area contributed by atoms with Crippen LogP contribution in [0.5, 0.6) is 0 Å². The van der Waals surface area contributed by atoms with Gasteiger partial charge in [-0.1, -0.05) is 11.2 Å². The van der Waals surface area contributed by atoms with Gasteiger partial charge in [0.15, 0.2) is 5.82 Å². The minimum atomic E-state index is -0.465. The molecule has 2 aromatic heterocycles. The third-order valence-electron chi connectivity index (χ3n) is 5.96. The van der Waals surface area contributed by atoms with Gasteiger partial charge in [0.2, 0.25) is 11.7 Å². The minimum Gasteiger partial charge on any atom is -0.369 e. The van der Waals surface area contributed by atoms with Crippen LogP contribution in [-0.4, -0.2) is 59.9 Å². The van der Waals surface area contributed by atoms with Crippen LogP contribution < -0.4 is 9.80 Å². The SMILES string of the molecule is Cc1cc(N2C(=O)C[C@H](N3CCN(c4ccc(C(=O)c5cccs5)cc4)CC3)C2=O)no1. The Bertz CT molecular complexity index is 1150. The summed E-state index contributed by atoms with van der Waals surface area (Å²) in [5, 5.41) is 5.72. The second-order valence-electron chi connectivity index (χ2n) is 7.96. The summed E-state index contributed by atoms with van der Waals surface area (Å²) in [6.07, 6.45) is 0.157. The smallest absolute Gasteiger partial charge is 0.252 e. The first-order valence-corrected chi connectivity index (χ1v) is 11.4. The van der Waals surface area contributed by atoms with Crippen LogP contribution in [0.2, 0.25) is 0 Å². The molecule has 164 valence electrons. The van der Waals surface area contributed by atoms with E-state index in [1.165, 1.54) is 11.3 Å². The van der Waals surface area contributed by atoms with Gasteiger partial charge in [-0.15, -0.1) is 11.3 Å². The highest BCUT2D eigenvalue weighted by atomic mass is 32.1. The lowest BCUT2D eigenvalue weighted by atomic mass is 10.1. The highest BCUT2D eigenvalue weighted by molar-refractivity contribution is 7.12. The number of hydrogen-bond acceptors (Lipinski definition) is 8. The molecule has 2 amide bonds. The summed E-state index contributed by atoms with van der Waals surface area (Å²) < 4.78 is 5.02. The van der Waals surface area contributed by atoms with Gasteiger partial charge in [0, 0.05) is 43.5 Å². The van der Waals surface area contributed by atoms with E-state index in [2.05, 4.69) is 15.0 Å². The first-order chi connectivity index (χ1) is 15.5. The van der Waals surface area contributed by atoms with Gasteiger partial charge in [0.1, 0.15) is 5.76 Å². The molecular weight excluding hydrogens is 428 g/mol. The van der Waals surface area contributed by atoms with E-state index in [1.54, 1.807) is 13.0 Å². The van der Waals surface area contributed by atoms with E-state index in [4.69, 9.17) is 4.52 Å². The van der Waals surface area contributed by atoms with Crippen molar-refractivity contribution in [1.29, 1.82) is 0 Å². The number of rotatable bonds is 5. The van der Waals surface area contributed by atoms with E-state index in [1.807, 2.05) is 41.8 Å². The van der Waals surface area contributed by atoms with Crippen LogP contribution in [0.1, 0.15) is 27.4 Å². The van der Waals surface area contributed by atoms with Crippen molar-refractivity contribution in [2.75, 3.05) is 36.0 Å². The molecule has 1 atom stereocenters. The second-order valence-corrected chi connectivity index (χ2v) is 8.91. The Morgan fingerprint density at radius 3 is 2.47 bits per heavy atom. The predicted octanol–water partition coefficient (Wildman–Crippen LogP) is 2.73. The zero-order valence-corrected chi connectivity index (χ0v) is 18.4. The maximum absolute atomic E-state index is 12.9. The number of anilines is 2. The van der Waals surface area contributed by atoms with E-state index in [9.17, 15) is 14.4 Å². The standard InChI is InChI=1S/C23H22N4O4S/c1-15-13-20(24-31-15)27-21(28)14-18(23(27)30)26-10-8-25(9-11-26)17-6-4-16(5-7-17)22(29)19-3-2-12-32-19/h2-7,12-13,18H,8-11,14H2,1H3/t18-/m0/s1. The van der Waals surface area contributed by atoms with E-state index < -0.39 is 6.04 Å². The molecule has 8 nitrogen and oxygen atoms in total. The molecule has 2 fully saturated rings. The van der Waals surface area contributed by atoms with Gasteiger partial charge in [-0.05, 0) is 42.6 Å². The number of ketones is 1. The zero-order valence-electron chi connectivity index (χ0n) is 17.6. The highest BCUT2D eigenvalue weighted by Gasteiger charge is 2.44.